The third-order valence-electron chi connectivity index (χ3n) is 3.24. The lowest BCUT2D eigenvalue weighted by Gasteiger charge is -2.23. The van der Waals surface area contributed by atoms with Gasteiger partial charge in [-0.1, -0.05) is 25.1 Å². The smallest absolute Gasteiger partial charge is 0.144 e. The lowest BCUT2D eigenvalue weighted by Crippen LogP contribution is -2.33. The second-order valence-corrected chi connectivity index (χ2v) is 5.49. The largest absolute Gasteiger partial charge is 0.409 e. The zero-order valence-electron chi connectivity index (χ0n) is 12.1. The van der Waals surface area contributed by atoms with Crippen molar-refractivity contribution in [2.75, 3.05) is 30.9 Å². The first-order valence-electron chi connectivity index (χ1n) is 6.36. The average molecular weight is 264 g/mol. The fraction of sp³-hybridized carbons (Fsp3) is 0.500. The van der Waals surface area contributed by atoms with Crippen molar-refractivity contribution < 1.29 is 5.21 Å². The molecule has 0 radical (unpaired) electrons. The Hall–Kier alpha value is -1.91. The lowest BCUT2D eigenvalue weighted by atomic mass is 9.88. The van der Waals surface area contributed by atoms with Gasteiger partial charge in [-0.2, -0.15) is 0 Å². The molecule has 106 valence electrons. The number of anilines is 2. The van der Waals surface area contributed by atoms with Crippen LogP contribution in [0.5, 0.6) is 0 Å². The van der Waals surface area contributed by atoms with E-state index in [0.29, 0.717) is 0 Å². The van der Waals surface area contributed by atoms with Gasteiger partial charge in [-0.05, 0) is 24.6 Å². The van der Waals surface area contributed by atoms with Crippen LogP contribution in [0.1, 0.15) is 20.3 Å². The minimum absolute atomic E-state index is 0.261. The monoisotopic (exact) mass is 264 g/mol. The van der Waals surface area contributed by atoms with Gasteiger partial charge < -0.3 is 21.2 Å². The van der Waals surface area contributed by atoms with Gasteiger partial charge in [-0.3, -0.25) is 0 Å². The summed E-state index contributed by atoms with van der Waals surface area (Å²) in [6.07, 6.45) is 0.787. The van der Waals surface area contributed by atoms with E-state index in [0.717, 1.165) is 24.3 Å². The summed E-state index contributed by atoms with van der Waals surface area (Å²) in [7, 11) is 4.03. The Morgan fingerprint density at radius 2 is 2.11 bits per heavy atom. The van der Waals surface area contributed by atoms with Crippen molar-refractivity contribution in [1.29, 1.82) is 0 Å². The van der Waals surface area contributed by atoms with Gasteiger partial charge in [0.25, 0.3) is 0 Å². The highest BCUT2D eigenvalue weighted by Crippen LogP contribution is 2.22. The standard InChI is InChI=1S/C14H24N4O/c1-14(2,13(15)17-19)8-9-16-11-6-5-7-12(10-11)18(3)4/h5-7,10,16,19H,8-9H2,1-4H3,(H2,15,17). The van der Waals surface area contributed by atoms with Gasteiger partial charge in [0.2, 0.25) is 0 Å². The Morgan fingerprint density at radius 3 is 2.68 bits per heavy atom. The maximum absolute atomic E-state index is 8.72. The number of amidine groups is 1. The predicted octanol–water partition coefficient (Wildman–Crippen LogP) is 2.33. The number of nitrogens with zero attached hydrogens (tertiary/aromatic N) is 2. The van der Waals surface area contributed by atoms with Crippen molar-refractivity contribution in [1.82, 2.24) is 0 Å². The number of nitrogens with two attached hydrogens (primary N) is 1. The molecule has 0 atom stereocenters. The second kappa shape index (κ2) is 6.31. The Morgan fingerprint density at radius 1 is 1.42 bits per heavy atom. The number of hydrogen-bond acceptors (Lipinski definition) is 4. The highest BCUT2D eigenvalue weighted by molar-refractivity contribution is 5.85. The van der Waals surface area contributed by atoms with Crippen LogP contribution in [0.2, 0.25) is 0 Å². The van der Waals surface area contributed by atoms with Crippen LogP contribution in [-0.4, -0.2) is 31.7 Å². The Labute approximate surface area is 115 Å². The van der Waals surface area contributed by atoms with E-state index in [1.54, 1.807) is 0 Å². The SMILES string of the molecule is CN(C)c1cccc(NCCC(C)(C)/C(N)=N/O)c1. The number of nitrogens with one attached hydrogen (secondary N) is 1. The fourth-order valence-corrected chi connectivity index (χ4v) is 1.68. The summed E-state index contributed by atoms with van der Waals surface area (Å²) in [6, 6.07) is 8.21. The van der Waals surface area contributed by atoms with Crippen LogP contribution >= 0.6 is 0 Å². The van der Waals surface area contributed by atoms with E-state index in [1.807, 2.05) is 40.1 Å². The fourth-order valence-electron chi connectivity index (χ4n) is 1.68. The first-order valence-corrected chi connectivity index (χ1v) is 6.36. The molecule has 0 amide bonds. The van der Waals surface area contributed by atoms with Gasteiger partial charge in [-0.25, -0.2) is 0 Å². The van der Waals surface area contributed by atoms with Crippen molar-refractivity contribution in [3.63, 3.8) is 0 Å². The Balaban J connectivity index is 2.56. The number of benzene rings is 1. The lowest BCUT2D eigenvalue weighted by molar-refractivity contribution is 0.306. The molecule has 0 aromatic heterocycles. The summed E-state index contributed by atoms with van der Waals surface area (Å²) in [5.74, 6) is 0.261. The first-order chi connectivity index (χ1) is 8.86. The summed E-state index contributed by atoms with van der Waals surface area (Å²) in [6.45, 7) is 4.68. The molecule has 0 aliphatic rings. The van der Waals surface area contributed by atoms with Crippen LogP contribution < -0.4 is 16.0 Å². The van der Waals surface area contributed by atoms with E-state index in [1.165, 1.54) is 0 Å². The molecular weight excluding hydrogens is 240 g/mol. The van der Waals surface area contributed by atoms with E-state index >= 15 is 0 Å². The molecule has 0 aliphatic heterocycles. The van der Waals surface area contributed by atoms with Crippen LogP contribution in [0.3, 0.4) is 0 Å². The van der Waals surface area contributed by atoms with Crippen LogP contribution in [0.4, 0.5) is 11.4 Å². The second-order valence-electron chi connectivity index (χ2n) is 5.49. The maximum atomic E-state index is 8.72. The maximum Gasteiger partial charge on any atom is 0.144 e. The third kappa shape index (κ3) is 4.35. The predicted molar refractivity (Wildman–Crippen MR) is 81.1 cm³/mol. The molecule has 19 heavy (non-hydrogen) atoms. The molecule has 1 aromatic carbocycles. The molecule has 0 aliphatic carbocycles. The summed E-state index contributed by atoms with van der Waals surface area (Å²) in [5.41, 5.74) is 7.57. The Bertz CT molecular complexity index is 441. The van der Waals surface area contributed by atoms with Crippen molar-refractivity contribution in [2.24, 2.45) is 16.3 Å². The summed E-state index contributed by atoms with van der Waals surface area (Å²) in [5, 5.41) is 15.2. The van der Waals surface area contributed by atoms with Gasteiger partial charge >= 0.3 is 0 Å². The summed E-state index contributed by atoms with van der Waals surface area (Å²) < 4.78 is 0. The zero-order chi connectivity index (χ0) is 14.5. The van der Waals surface area contributed by atoms with E-state index in [9.17, 15) is 0 Å². The van der Waals surface area contributed by atoms with Crippen molar-refractivity contribution in [2.45, 2.75) is 20.3 Å². The average Bonchev–Trinajstić information content (AvgIpc) is 2.37. The third-order valence-corrected chi connectivity index (χ3v) is 3.24. The highest BCUT2D eigenvalue weighted by Gasteiger charge is 2.22. The van der Waals surface area contributed by atoms with E-state index in [2.05, 4.69) is 27.5 Å². The first kappa shape index (κ1) is 15.1. The minimum atomic E-state index is -0.319. The molecule has 1 aromatic rings. The van der Waals surface area contributed by atoms with Crippen LogP contribution in [0.15, 0.2) is 29.4 Å². The summed E-state index contributed by atoms with van der Waals surface area (Å²) in [4.78, 5) is 2.06. The van der Waals surface area contributed by atoms with Gasteiger partial charge in [0.05, 0.1) is 0 Å². The molecular formula is C14H24N4O. The van der Waals surface area contributed by atoms with E-state index < -0.39 is 0 Å². The quantitative estimate of drug-likeness (QED) is 0.319. The molecule has 1 rings (SSSR count). The van der Waals surface area contributed by atoms with Crippen molar-refractivity contribution in [3.8, 4) is 0 Å². The summed E-state index contributed by atoms with van der Waals surface area (Å²) >= 11 is 0. The molecule has 0 heterocycles. The van der Waals surface area contributed by atoms with Crippen LogP contribution in [0, 0.1) is 5.41 Å². The highest BCUT2D eigenvalue weighted by atomic mass is 16.4. The zero-order valence-corrected chi connectivity index (χ0v) is 12.1. The molecule has 4 N–H and O–H groups in total. The molecule has 0 saturated heterocycles. The molecule has 0 unspecified atom stereocenters. The van der Waals surface area contributed by atoms with Crippen molar-refractivity contribution in [3.05, 3.63) is 24.3 Å². The van der Waals surface area contributed by atoms with E-state index in [-0.39, 0.29) is 11.3 Å². The number of oxime groups is 1. The van der Waals surface area contributed by atoms with E-state index in [4.69, 9.17) is 10.9 Å². The van der Waals surface area contributed by atoms with Gasteiger partial charge in [-0.15, -0.1) is 0 Å². The topological polar surface area (TPSA) is 73.9 Å². The molecule has 0 bridgehead atoms. The number of hydrogen-bond donors (Lipinski definition) is 3. The molecule has 0 fully saturated rings. The normalized spacial score (nSPS) is 12.3. The van der Waals surface area contributed by atoms with Gasteiger partial charge in [0.1, 0.15) is 5.84 Å². The van der Waals surface area contributed by atoms with Crippen LogP contribution in [-0.2, 0) is 0 Å². The molecule has 5 nitrogen and oxygen atoms in total. The van der Waals surface area contributed by atoms with Crippen molar-refractivity contribution >= 4 is 17.2 Å². The van der Waals surface area contributed by atoms with Crippen LogP contribution in [0.25, 0.3) is 0 Å². The molecule has 0 saturated carbocycles. The minimum Gasteiger partial charge on any atom is -0.409 e. The molecule has 0 spiro atoms. The Kier molecular flexibility index (Phi) is 5.03. The number of rotatable bonds is 6. The van der Waals surface area contributed by atoms with Gasteiger partial charge in [0, 0.05) is 37.4 Å². The van der Waals surface area contributed by atoms with Gasteiger partial charge in [0.15, 0.2) is 0 Å². The molecule has 5 heteroatoms.